The van der Waals surface area contributed by atoms with Crippen LogP contribution in [0.25, 0.3) is 11.1 Å². The van der Waals surface area contributed by atoms with Crippen molar-refractivity contribution in [2.24, 2.45) is 0 Å². The zero-order valence-electron chi connectivity index (χ0n) is 16.3. The smallest absolute Gasteiger partial charge is 0.409 e. The SMILES string of the molecule is COC(=O)N1CCN(CCNC(=O)Cc2ccc(-c3ccccc3)cc2)CC1. The fourth-order valence-corrected chi connectivity index (χ4v) is 3.33. The zero-order valence-corrected chi connectivity index (χ0v) is 16.3. The van der Waals surface area contributed by atoms with Gasteiger partial charge < -0.3 is 15.0 Å². The van der Waals surface area contributed by atoms with Gasteiger partial charge in [-0.1, -0.05) is 54.6 Å². The minimum absolute atomic E-state index is 0.0284. The third-order valence-corrected chi connectivity index (χ3v) is 4.98. The lowest BCUT2D eigenvalue weighted by Gasteiger charge is -2.33. The van der Waals surface area contributed by atoms with E-state index in [9.17, 15) is 9.59 Å². The molecule has 1 saturated heterocycles. The average molecular weight is 381 g/mol. The van der Waals surface area contributed by atoms with Crippen LogP contribution in [0.4, 0.5) is 4.79 Å². The number of amides is 2. The topological polar surface area (TPSA) is 61.9 Å². The highest BCUT2D eigenvalue weighted by Crippen LogP contribution is 2.19. The van der Waals surface area contributed by atoms with Crippen molar-refractivity contribution in [1.29, 1.82) is 0 Å². The third kappa shape index (κ3) is 5.57. The molecule has 0 aliphatic carbocycles. The molecule has 0 saturated carbocycles. The maximum absolute atomic E-state index is 12.2. The molecule has 2 aromatic carbocycles. The summed E-state index contributed by atoms with van der Waals surface area (Å²) in [5.74, 6) is 0.0284. The molecule has 28 heavy (non-hydrogen) atoms. The van der Waals surface area contributed by atoms with Gasteiger partial charge in [0.15, 0.2) is 0 Å². The van der Waals surface area contributed by atoms with Crippen LogP contribution in [-0.2, 0) is 16.0 Å². The maximum atomic E-state index is 12.2. The molecular formula is C22H27N3O3. The number of carbonyl (C=O) groups is 2. The first-order valence-corrected chi connectivity index (χ1v) is 9.62. The van der Waals surface area contributed by atoms with Gasteiger partial charge >= 0.3 is 6.09 Å². The number of piperazine rings is 1. The number of rotatable bonds is 6. The van der Waals surface area contributed by atoms with Crippen LogP contribution in [0, 0.1) is 0 Å². The number of carbonyl (C=O) groups excluding carboxylic acids is 2. The first kappa shape index (κ1) is 19.9. The predicted octanol–water partition coefficient (Wildman–Crippen LogP) is 2.40. The molecule has 0 aromatic heterocycles. The van der Waals surface area contributed by atoms with Crippen LogP contribution in [0.15, 0.2) is 54.6 Å². The van der Waals surface area contributed by atoms with Gasteiger partial charge in [0.2, 0.25) is 5.91 Å². The molecule has 1 heterocycles. The lowest BCUT2D eigenvalue weighted by atomic mass is 10.0. The summed E-state index contributed by atoms with van der Waals surface area (Å²) < 4.78 is 4.74. The monoisotopic (exact) mass is 381 g/mol. The largest absolute Gasteiger partial charge is 0.453 e. The van der Waals surface area contributed by atoms with Gasteiger partial charge in [-0.2, -0.15) is 0 Å². The molecular weight excluding hydrogens is 354 g/mol. The molecule has 1 fully saturated rings. The summed E-state index contributed by atoms with van der Waals surface area (Å²) in [7, 11) is 1.40. The highest BCUT2D eigenvalue weighted by atomic mass is 16.5. The highest BCUT2D eigenvalue weighted by molar-refractivity contribution is 5.78. The van der Waals surface area contributed by atoms with Crippen LogP contribution in [0.1, 0.15) is 5.56 Å². The van der Waals surface area contributed by atoms with Gasteiger partial charge in [-0.05, 0) is 16.7 Å². The Bertz CT molecular complexity index is 769. The van der Waals surface area contributed by atoms with E-state index in [4.69, 9.17) is 4.74 Å². The Morgan fingerprint density at radius 1 is 0.929 bits per heavy atom. The van der Waals surface area contributed by atoms with Crippen molar-refractivity contribution in [3.8, 4) is 11.1 Å². The summed E-state index contributed by atoms with van der Waals surface area (Å²) in [5.41, 5.74) is 3.32. The molecule has 2 amide bonds. The van der Waals surface area contributed by atoms with E-state index in [1.807, 2.05) is 30.3 Å². The second-order valence-electron chi connectivity index (χ2n) is 6.89. The molecule has 0 unspecified atom stereocenters. The number of benzene rings is 2. The number of nitrogens with one attached hydrogen (secondary N) is 1. The van der Waals surface area contributed by atoms with Gasteiger partial charge in [0, 0.05) is 39.3 Å². The zero-order chi connectivity index (χ0) is 19.8. The van der Waals surface area contributed by atoms with Gasteiger partial charge in [0.25, 0.3) is 0 Å². The van der Waals surface area contributed by atoms with Gasteiger partial charge in [0.05, 0.1) is 13.5 Å². The molecule has 1 N–H and O–H groups in total. The number of hydrogen-bond acceptors (Lipinski definition) is 4. The highest BCUT2D eigenvalue weighted by Gasteiger charge is 2.21. The first-order valence-electron chi connectivity index (χ1n) is 9.62. The summed E-state index contributed by atoms with van der Waals surface area (Å²) in [6, 6.07) is 18.3. The lowest BCUT2D eigenvalue weighted by molar-refractivity contribution is -0.120. The van der Waals surface area contributed by atoms with Crippen molar-refractivity contribution in [2.45, 2.75) is 6.42 Å². The summed E-state index contributed by atoms with van der Waals surface area (Å²) in [5, 5.41) is 2.98. The van der Waals surface area contributed by atoms with Crippen molar-refractivity contribution in [1.82, 2.24) is 15.1 Å². The number of ether oxygens (including phenoxy) is 1. The van der Waals surface area contributed by atoms with Crippen LogP contribution in [0.5, 0.6) is 0 Å². The Balaban J connectivity index is 1.37. The molecule has 0 bridgehead atoms. The molecule has 0 atom stereocenters. The Kier molecular flexibility index (Phi) is 7.03. The van der Waals surface area contributed by atoms with Crippen molar-refractivity contribution in [3.63, 3.8) is 0 Å². The maximum Gasteiger partial charge on any atom is 0.409 e. The fraction of sp³-hybridized carbons (Fsp3) is 0.364. The molecule has 148 valence electrons. The summed E-state index contributed by atoms with van der Waals surface area (Å²) >= 11 is 0. The van der Waals surface area contributed by atoms with Gasteiger partial charge in [-0.25, -0.2) is 4.79 Å². The van der Waals surface area contributed by atoms with E-state index >= 15 is 0 Å². The van der Waals surface area contributed by atoms with Crippen LogP contribution in [0.3, 0.4) is 0 Å². The van der Waals surface area contributed by atoms with Gasteiger partial charge in [-0.3, -0.25) is 9.69 Å². The number of hydrogen-bond donors (Lipinski definition) is 1. The quantitative estimate of drug-likeness (QED) is 0.835. The Morgan fingerprint density at radius 3 is 2.21 bits per heavy atom. The van der Waals surface area contributed by atoms with Gasteiger partial charge in [-0.15, -0.1) is 0 Å². The van der Waals surface area contributed by atoms with Crippen LogP contribution >= 0.6 is 0 Å². The lowest BCUT2D eigenvalue weighted by Crippen LogP contribution is -2.50. The van der Waals surface area contributed by atoms with E-state index in [2.05, 4.69) is 34.5 Å². The van der Waals surface area contributed by atoms with E-state index in [0.29, 0.717) is 26.1 Å². The molecule has 0 spiro atoms. The Morgan fingerprint density at radius 2 is 1.57 bits per heavy atom. The number of methoxy groups -OCH3 is 1. The summed E-state index contributed by atoms with van der Waals surface area (Å²) in [4.78, 5) is 27.6. The second-order valence-corrected chi connectivity index (χ2v) is 6.89. The Labute approximate surface area is 166 Å². The average Bonchev–Trinajstić information content (AvgIpc) is 2.75. The summed E-state index contributed by atoms with van der Waals surface area (Å²) in [6.45, 7) is 4.31. The van der Waals surface area contributed by atoms with E-state index in [1.54, 1.807) is 4.90 Å². The number of nitrogens with zero attached hydrogens (tertiary/aromatic N) is 2. The van der Waals surface area contributed by atoms with E-state index in [-0.39, 0.29) is 12.0 Å². The van der Waals surface area contributed by atoms with Crippen LogP contribution in [-0.4, -0.2) is 68.2 Å². The molecule has 6 heteroatoms. The third-order valence-electron chi connectivity index (χ3n) is 4.98. The first-order chi connectivity index (χ1) is 13.7. The van der Waals surface area contributed by atoms with Crippen molar-refractivity contribution < 1.29 is 14.3 Å². The van der Waals surface area contributed by atoms with Crippen LogP contribution < -0.4 is 5.32 Å². The molecule has 0 radical (unpaired) electrons. The van der Waals surface area contributed by atoms with Gasteiger partial charge in [0.1, 0.15) is 0 Å². The van der Waals surface area contributed by atoms with Crippen molar-refractivity contribution in [2.75, 3.05) is 46.4 Å². The van der Waals surface area contributed by atoms with E-state index in [0.717, 1.165) is 30.8 Å². The fourth-order valence-electron chi connectivity index (χ4n) is 3.33. The predicted molar refractivity (Wildman–Crippen MR) is 109 cm³/mol. The second kappa shape index (κ2) is 9.90. The van der Waals surface area contributed by atoms with Crippen molar-refractivity contribution >= 4 is 12.0 Å². The minimum atomic E-state index is -0.272. The molecule has 2 aromatic rings. The van der Waals surface area contributed by atoms with E-state index < -0.39 is 0 Å². The summed E-state index contributed by atoms with van der Waals surface area (Å²) in [6.07, 6.45) is 0.108. The molecule has 6 nitrogen and oxygen atoms in total. The van der Waals surface area contributed by atoms with Crippen molar-refractivity contribution in [3.05, 3.63) is 60.2 Å². The Hall–Kier alpha value is -2.86. The normalized spacial score (nSPS) is 14.5. The minimum Gasteiger partial charge on any atom is -0.453 e. The van der Waals surface area contributed by atoms with E-state index in [1.165, 1.54) is 12.7 Å². The molecule has 1 aliphatic heterocycles. The standard InChI is InChI=1S/C22H27N3O3/c1-28-22(27)25-15-13-24(14-16-25)12-11-23-21(26)17-18-7-9-20(10-8-18)19-5-3-2-4-6-19/h2-10H,11-17H2,1H3,(H,23,26). The molecule has 3 rings (SSSR count). The molecule has 1 aliphatic rings. The van der Waals surface area contributed by atoms with Crippen LogP contribution in [0.2, 0.25) is 0 Å².